The molecule has 0 saturated heterocycles. The molecule has 6 heteroatoms. The first-order valence-corrected chi connectivity index (χ1v) is 6.35. The smallest absolute Gasteiger partial charge is 0.311 e. The fourth-order valence-electron chi connectivity index (χ4n) is 1.23. The lowest BCUT2D eigenvalue weighted by Gasteiger charge is -2.14. The van der Waals surface area contributed by atoms with Crippen molar-refractivity contribution in [2.24, 2.45) is 0 Å². The van der Waals surface area contributed by atoms with Gasteiger partial charge < -0.3 is 20.1 Å². The van der Waals surface area contributed by atoms with Crippen molar-refractivity contribution in [1.29, 1.82) is 0 Å². The Hall–Kier alpha value is -1.14. The normalized spacial score (nSPS) is 10.2. The predicted octanol–water partition coefficient (Wildman–Crippen LogP) is -0.240. The van der Waals surface area contributed by atoms with Crippen molar-refractivity contribution in [3.05, 3.63) is 0 Å². The largest absolute Gasteiger partial charge is 0.395 e. The number of aliphatic hydroxyl groups excluding tert-OH is 1. The SMILES string of the molecule is CCCCOCCCNC(=O)C(=O)N(C)CCO. The third kappa shape index (κ3) is 8.03. The maximum absolute atomic E-state index is 11.4. The molecule has 0 aliphatic carbocycles. The summed E-state index contributed by atoms with van der Waals surface area (Å²) < 4.78 is 5.32. The molecule has 6 nitrogen and oxygen atoms in total. The first-order valence-electron chi connectivity index (χ1n) is 6.35. The number of carbonyl (C=O) groups excluding carboxylic acids is 2. The maximum Gasteiger partial charge on any atom is 0.311 e. The van der Waals surface area contributed by atoms with Crippen LogP contribution in [0.25, 0.3) is 0 Å². The van der Waals surface area contributed by atoms with Gasteiger partial charge in [0.25, 0.3) is 0 Å². The van der Waals surface area contributed by atoms with Gasteiger partial charge in [0.05, 0.1) is 6.61 Å². The molecule has 0 radical (unpaired) electrons. The zero-order chi connectivity index (χ0) is 13.8. The molecule has 0 aromatic rings. The van der Waals surface area contributed by atoms with Crippen LogP contribution >= 0.6 is 0 Å². The molecule has 2 N–H and O–H groups in total. The van der Waals surface area contributed by atoms with Crippen LogP contribution in [0.15, 0.2) is 0 Å². The second kappa shape index (κ2) is 11.0. The molecule has 0 rings (SSSR count). The first-order chi connectivity index (χ1) is 8.63. The van der Waals surface area contributed by atoms with Crippen molar-refractivity contribution >= 4 is 11.8 Å². The van der Waals surface area contributed by atoms with E-state index in [9.17, 15) is 9.59 Å². The van der Waals surface area contributed by atoms with Gasteiger partial charge in [0.1, 0.15) is 0 Å². The Morgan fingerprint density at radius 1 is 1.28 bits per heavy atom. The molecule has 0 bridgehead atoms. The Morgan fingerprint density at radius 2 is 1.94 bits per heavy atom. The number of likely N-dealkylation sites (N-methyl/N-ethyl adjacent to an activating group) is 1. The zero-order valence-corrected chi connectivity index (χ0v) is 11.3. The van der Waals surface area contributed by atoms with Crippen LogP contribution in [0.4, 0.5) is 0 Å². The molecule has 0 atom stereocenters. The van der Waals surface area contributed by atoms with Gasteiger partial charge >= 0.3 is 11.8 Å². The minimum absolute atomic E-state index is 0.152. The lowest BCUT2D eigenvalue weighted by atomic mass is 10.3. The van der Waals surface area contributed by atoms with Crippen LogP contribution < -0.4 is 5.32 Å². The van der Waals surface area contributed by atoms with E-state index in [1.54, 1.807) is 0 Å². The van der Waals surface area contributed by atoms with Gasteiger partial charge in [-0.1, -0.05) is 13.3 Å². The molecule has 0 aliphatic rings. The van der Waals surface area contributed by atoms with E-state index >= 15 is 0 Å². The highest BCUT2D eigenvalue weighted by Gasteiger charge is 2.16. The average molecular weight is 260 g/mol. The summed E-state index contributed by atoms with van der Waals surface area (Å²) in [7, 11) is 1.48. The summed E-state index contributed by atoms with van der Waals surface area (Å²) in [5, 5.41) is 11.2. The number of aliphatic hydroxyl groups is 1. The fourth-order valence-corrected chi connectivity index (χ4v) is 1.23. The monoisotopic (exact) mass is 260 g/mol. The van der Waals surface area contributed by atoms with Crippen molar-refractivity contribution in [3.8, 4) is 0 Å². The van der Waals surface area contributed by atoms with Gasteiger partial charge in [-0.2, -0.15) is 0 Å². The third-order valence-corrected chi connectivity index (χ3v) is 2.37. The summed E-state index contributed by atoms with van der Waals surface area (Å²) in [4.78, 5) is 24.0. The van der Waals surface area contributed by atoms with Crippen molar-refractivity contribution < 1.29 is 19.4 Å². The predicted molar refractivity (Wildman–Crippen MR) is 68.1 cm³/mol. The van der Waals surface area contributed by atoms with Crippen LogP contribution in [0.2, 0.25) is 0 Å². The summed E-state index contributed by atoms with van der Waals surface area (Å²) in [6.07, 6.45) is 2.83. The molecule has 106 valence electrons. The molecule has 0 spiro atoms. The van der Waals surface area contributed by atoms with Crippen molar-refractivity contribution in [3.63, 3.8) is 0 Å². The summed E-state index contributed by atoms with van der Waals surface area (Å²) >= 11 is 0. The Bertz CT molecular complexity index is 246. The maximum atomic E-state index is 11.4. The molecule has 18 heavy (non-hydrogen) atoms. The third-order valence-electron chi connectivity index (χ3n) is 2.37. The van der Waals surface area contributed by atoms with E-state index < -0.39 is 11.8 Å². The minimum Gasteiger partial charge on any atom is -0.395 e. The number of carbonyl (C=O) groups is 2. The summed E-state index contributed by atoms with van der Waals surface area (Å²) in [6.45, 7) is 3.85. The Balaban J connectivity index is 3.55. The number of hydrogen-bond acceptors (Lipinski definition) is 4. The average Bonchev–Trinajstić information content (AvgIpc) is 2.36. The molecule has 0 saturated carbocycles. The van der Waals surface area contributed by atoms with Gasteiger partial charge in [-0.3, -0.25) is 9.59 Å². The van der Waals surface area contributed by atoms with Crippen molar-refractivity contribution in [1.82, 2.24) is 10.2 Å². The number of amides is 2. The van der Waals surface area contributed by atoms with E-state index in [0.29, 0.717) is 19.6 Å². The van der Waals surface area contributed by atoms with Crippen LogP contribution in [0.1, 0.15) is 26.2 Å². The van der Waals surface area contributed by atoms with Crippen LogP contribution in [0.3, 0.4) is 0 Å². The van der Waals surface area contributed by atoms with Crippen LogP contribution in [0, 0.1) is 0 Å². The minimum atomic E-state index is -0.639. The van der Waals surface area contributed by atoms with E-state index in [1.165, 1.54) is 11.9 Å². The van der Waals surface area contributed by atoms with Gasteiger partial charge in [0.2, 0.25) is 0 Å². The summed E-state index contributed by atoms with van der Waals surface area (Å²) in [5.74, 6) is -1.27. The van der Waals surface area contributed by atoms with Gasteiger partial charge in [-0.05, 0) is 12.8 Å². The number of hydrogen-bond donors (Lipinski definition) is 2. The molecule has 2 amide bonds. The number of nitrogens with zero attached hydrogens (tertiary/aromatic N) is 1. The number of rotatable bonds is 9. The van der Waals surface area contributed by atoms with E-state index in [1.807, 2.05) is 0 Å². The number of nitrogens with one attached hydrogen (secondary N) is 1. The molecule has 0 aliphatic heterocycles. The van der Waals surface area contributed by atoms with Gasteiger partial charge in [-0.25, -0.2) is 0 Å². The lowest BCUT2D eigenvalue weighted by molar-refractivity contribution is -0.145. The Labute approximate surface area is 108 Å². The molecule has 0 fully saturated rings. The van der Waals surface area contributed by atoms with Crippen LogP contribution in [-0.2, 0) is 14.3 Å². The molecule has 0 unspecified atom stereocenters. The van der Waals surface area contributed by atoms with Gasteiger partial charge in [0.15, 0.2) is 0 Å². The summed E-state index contributed by atoms with van der Waals surface area (Å²) in [5.41, 5.74) is 0. The topological polar surface area (TPSA) is 78.9 Å². The number of ether oxygens (including phenoxy) is 1. The highest BCUT2D eigenvalue weighted by atomic mass is 16.5. The molecular weight excluding hydrogens is 236 g/mol. The second-order valence-corrected chi connectivity index (χ2v) is 4.03. The van der Waals surface area contributed by atoms with Gasteiger partial charge in [0, 0.05) is 33.4 Å². The van der Waals surface area contributed by atoms with Crippen LogP contribution in [0.5, 0.6) is 0 Å². The summed E-state index contributed by atoms with van der Waals surface area (Å²) in [6, 6.07) is 0. The standard InChI is InChI=1S/C12H24N2O4/c1-3-4-9-18-10-5-6-13-11(16)12(17)14(2)7-8-15/h15H,3-10H2,1-2H3,(H,13,16). The van der Waals surface area contributed by atoms with Gasteiger partial charge in [-0.15, -0.1) is 0 Å². The van der Waals surface area contributed by atoms with Crippen molar-refractivity contribution in [2.75, 3.05) is 40.0 Å². The highest BCUT2D eigenvalue weighted by molar-refractivity contribution is 6.34. The van der Waals surface area contributed by atoms with E-state index in [4.69, 9.17) is 9.84 Å². The Morgan fingerprint density at radius 3 is 2.56 bits per heavy atom. The lowest BCUT2D eigenvalue weighted by Crippen LogP contribution is -2.42. The number of unbranched alkanes of at least 4 members (excludes halogenated alkanes) is 1. The molecule has 0 aromatic carbocycles. The highest BCUT2D eigenvalue weighted by Crippen LogP contribution is 1.89. The van der Waals surface area contributed by atoms with Crippen LogP contribution in [-0.4, -0.2) is 61.8 Å². The first kappa shape index (κ1) is 16.9. The quantitative estimate of drug-likeness (QED) is 0.443. The van der Waals surface area contributed by atoms with E-state index in [-0.39, 0.29) is 13.2 Å². The second-order valence-electron chi connectivity index (χ2n) is 4.03. The molecule has 0 heterocycles. The van der Waals surface area contributed by atoms with E-state index in [2.05, 4.69) is 12.2 Å². The zero-order valence-electron chi connectivity index (χ0n) is 11.3. The van der Waals surface area contributed by atoms with Crippen molar-refractivity contribution in [2.45, 2.75) is 26.2 Å². The molecular formula is C12H24N2O4. The molecule has 0 aromatic heterocycles. The van der Waals surface area contributed by atoms with E-state index in [0.717, 1.165) is 19.4 Å². The Kier molecular flexibility index (Phi) is 10.3. The fraction of sp³-hybridized carbons (Fsp3) is 0.833.